The first-order valence-electron chi connectivity index (χ1n) is 5.58. The van der Waals surface area contributed by atoms with Gasteiger partial charge in [-0.25, -0.2) is 4.98 Å². The van der Waals surface area contributed by atoms with Gasteiger partial charge in [-0.15, -0.1) is 0 Å². The van der Waals surface area contributed by atoms with Crippen LogP contribution in [0.15, 0.2) is 53.3 Å². The van der Waals surface area contributed by atoms with Crippen LogP contribution in [0.2, 0.25) is 0 Å². The maximum absolute atomic E-state index is 12.2. The quantitative estimate of drug-likeness (QED) is 0.816. The zero-order valence-corrected chi connectivity index (χ0v) is 11.6. The maximum atomic E-state index is 12.2. The molecule has 0 bridgehead atoms. The monoisotopic (exact) mass is 304 g/mol. The van der Waals surface area contributed by atoms with Gasteiger partial charge in [0.15, 0.2) is 0 Å². The van der Waals surface area contributed by atoms with E-state index < -0.39 is 0 Å². The molecular formula is C14H13BrN2O. The van der Waals surface area contributed by atoms with Crippen molar-refractivity contribution in [3.05, 3.63) is 64.4 Å². The Balaban J connectivity index is 2.13. The molecule has 0 saturated carbocycles. The minimum Gasteiger partial charge on any atom is -0.337 e. The summed E-state index contributed by atoms with van der Waals surface area (Å²) in [6.45, 7) is 0.584. The van der Waals surface area contributed by atoms with Crippen LogP contribution >= 0.6 is 15.9 Å². The highest BCUT2D eigenvalue weighted by molar-refractivity contribution is 9.10. The van der Waals surface area contributed by atoms with E-state index in [4.69, 9.17) is 0 Å². The van der Waals surface area contributed by atoms with Gasteiger partial charge in [0.05, 0.1) is 5.56 Å². The molecular weight excluding hydrogens is 292 g/mol. The highest BCUT2D eigenvalue weighted by Gasteiger charge is 2.15. The lowest BCUT2D eigenvalue weighted by Crippen LogP contribution is -2.26. The highest BCUT2D eigenvalue weighted by Crippen LogP contribution is 2.15. The van der Waals surface area contributed by atoms with Gasteiger partial charge in [0.2, 0.25) is 0 Å². The lowest BCUT2D eigenvalue weighted by molar-refractivity contribution is 0.0783. The molecule has 1 heterocycles. The first-order valence-corrected chi connectivity index (χ1v) is 6.37. The summed E-state index contributed by atoms with van der Waals surface area (Å²) in [7, 11) is 1.79. The minimum atomic E-state index is -0.0428. The number of benzene rings is 1. The Morgan fingerprint density at radius 3 is 2.61 bits per heavy atom. The Hall–Kier alpha value is -1.68. The lowest BCUT2D eigenvalue weighted by Gasteiger charge is -2.17. The number of halogens is 1. The summed E-state index contributed by atoms with van der Waals surface area (Å²) in [5.74, 6) is -0.0428. The molecule has 2 aromatic rings. The van der Waals surface area contributed by atoms with Crippen LogP contribution < -0.4 is 0 Å². The van der Waals surface area contributed by atoms with Crippen LogP contribution in [0.3, 0.4) is 0 Å². The van der Waals surface area contributed by atoms with E-state index in [0.29, 0.717) is 16.7 Å². The zero-order chi connectivity index (χ0) is 13.0. The van der Waals surface area contributed by atoms with E-state index in [2.05, 4.69) is 20.9 Å². The zero-order valence-electron chi connectivity index (χ0n) is 10.0. The second kappa shape index (κ2) is 5.78. The van der Waals surface area contributed by atoms with Gasteiger partial charge in [0, 0.05) is 19.8 Å². The molecule has 0 aliphatic heterocycles. The molecule has 0 fully saturated rings. The van der Waals surface area contributed by atoms with Gasteiger partial charge in [-0.05, 0) is 33.6 Å². The molecule has 3 nitrogen and oxygen atoms in total. The van der Waals surface area contributed by atoms with E-state index in [-0.39, 0.29) is 5.91 Å². The fourth-order valence-electron chi connectivity index (χ4n) is 1.68. The number of hydrogen-bond donors (Lipinski definition) is 0. The fraction of sp³-hybridized carbons (Fsp3) is 0.143. The summed E-state index contributed by atoms with van der Waals surface area (Å²) in [6, 6.07) is 13.4. The smallest absolute Gasteiger partial charge is 0.256 e. The second-order valence-electron chi connectivity index (χ2n) is 3.99. The predicted octanol–water partition coefficient (Wildman–Crippen LogP) is 3.12. The Bertz CT molecular complexity index is 543. The number of amides is 1. The lowest BCUT2D eigenvalue weighted by atomic mass is 10.2. The van der Waals surface area contributed by atoms with Crippen LogP contribution in [0.4, 0.5) is 0 Å². The number of rotatable bonds is 3. The molecule has 92 valence electrons. The van der Waals surface area contributed by atoms with Crippen LogP contribution in [0.5, 0.6) is 0 Å². The standard InChI is InChI=1S/C14H13BrN2O/c1-17(10-11-6-3-2-4-7-11)14(18)12-8-5-9-16-13(12)15/h2-9H,10H2,1H3. The number of pyridine rings is 1. The Morgan fingerprint density at radius 1 is 1.22 bits per heavy atom. The molecule has 1 aromatic heterocycles. The first kappa shape index (κ1) is 12.8. The predicted molar refractivity (Wildman–Crippen MR) is 74.2 cm³/mol. The largest absolute Gasteiger partial charge is 0.337 e. The molecule has 1 amide bonds. The number of carbonyl (C=O) groups is 1. The molecule has 0 saturated heterocycles. The third kappa shape index (κ3) is 2.96. The van der Waals surface area contributed by atoms with Gasteiger partial charge in [0.1, 0.15) is 4.60 Å². The van der Waals surface area contributed by atoms with Gasteiger partial charge in [-0.3, -0.25) is 4.79 Å². The molecule has 4 heteroatoms. The average Bonchev–Trinajstić information content (AvgIpc) is 2.39. The minimum absolute atomic E-state index is 0.0428. The summed E-state index contributed by atoms with van der Waals surface area (Å²) in [4.78, 5) is 18.0. The van der Waals surface area contributed by atoms with E-state index in [1.54, 1.807) is 30.3 Å². The van der Waals surface area contributed by atoms with E-state index in [1.165, 1.54) is 0 Å². The topological polar surface area (TPSA) is 33.2 Å². The van der Waals surface area contributed by atoms with Gasteiger partial charge < -0.3 is 4.90 Å². The van der Waals surface area contributed by atoms with Crippen LogP contribution in [0.25, 0.3) is 0 Å². The Morgan fingerprint density at radius 2 is 1.94 bits per heavy atom. The number of carbonyl (C=O) groups excluding carboxylic acids is 1. The van der Waals surface area contributed by atoms with Gasteiger partial charge in [0.25, 0.3) is 5.91 Å². The summed E-state index contributed by atoms with van der Waals surface area (Å²) in [6.07, 6.45) is 1.65. The SMILES string of the molecule is CN(Cc1ccccc1)C(=O)c1cccnc1Br. The molecule has 0 N–H and O–H groups in total. The number of aromatic nitrogens is 1. The highest BCUT2D eigenvalue weighted by atomic mass is 79.9. The third-order valence-corrected chi connectivity index (χ3v) is 3.23. The summed E-state index contributed by atoms with van der Waals surface area (Å²) in [5, 5.41) is 0. The molecule has 1 aromatic carbocycles. The molecule has 2 rings (SSSR count). The fourth-order valence-corrected chi connectivity index (χ4v) is 2.10. The van der Waals surface area contributed by atoms with E-state index in [9.17, 15) is 4.79 Å². The van der Waals surface area contributed by atoms with Crippen LogP contribution in [0.1, 0.15) is 15.9 Å². The van der Waals surface area contributed by atoms with Crippen LogP contribution in [0, 0.1) is 0 Å². The molecule has 0 aliphatic carbocycles. The molecule has 0 unspecified atom stereocenters. The van der Waals surface area contributed by atoms with Crippen LogP contribution in [-0.4, -0.2) is 22.8 Å². The maximum Gasteiger partial charge on any atom is 0.256 e. The first-order chi connectivity index (χ1) is 8.68. The molecule has 0 aliphatic rings. The molecule has 0 spiro atoms. The van der Waals surface area contributed by atoms with Gasteiger partial charge >= 0.3 is 0 Å². The summed E-state index contributed by atoms with van der Waals surface area (Å²) < 4.78 is 0.579. The Labute approximate surface area is 115 Å². The van der Waals surface area contributed by atoms with Crippen molar-refractivity contribution in [2.45, 2.75) is 6.54 Å². The van der Waals surface area contributed by atoms with Crippen molar-refractivity contribution in [3.63, 3.8) is 0 Å². The average molecular weight is 305 g/mol. The molecule has 18 heavy (non-hydrogen) atoms. The van der Waals surface area contributed by atoms with Crippen molar-refractivity contribution in [3.8, 4) is 0 Å². The summed E-state index contributed by atoms with van der Waals surface area (Å²) >= 11 is 3.29. The second-order valence-corrected chi connectivity index (χ2v) is 4.74. The number of nitrogens with zero attached hydrogens (tertiary/aromatic N) is 2. The van der Waals surface area contributed by atoms with E-state index in [1.807, 2.05) is 30.3 Å². The Kier molecular flexibility index (Phi) is 4.10. The van der Waals surface area contributed by atoms with Crippen molar-refractivity contribution in [1.82, 2.24) is 9.88 Å². The van der Waals surface area contributed by atoms with E-state index >= 15 is 0 Å². The van der Waals surface area contributed by atoms with Crippen molar-refractivity contribution in [1.29, 1.82) is 0 Å². The molecule has 0 radical (unpaired) electrons. The van der Waals surface area contributed by atoms with Gasteiger partial charge in [-0.2, -0.15) is 0 Å². The normalized spacial score (nSPS) is 10.1. The van der Waals surface area contributed by atoms with Crippen molar-refractivity contribution >= 4 is 21.8 Å². The van der Waals surface area contributed by atoms with Gasteiger partial charge in [-0.1, -0.05) is 30.3 Å². The van der Waals surface area contributed by atoms with Crippen molar-refractivity contribution in [2.24, 2.45) is 0 Å². The third-order valence-electron chi connectivity index (χ3n) is 2.60. The molecule has 0 atom stereocenters. The number of hydrogen-bond acceptors (Lipinski definition) is 2. The van der Waals surface area contributed by atoms with Crippen molar-refractivity contribution in [2.75, 3.05) is 7.05 Å². The summed E-state index contributed by atoms with van der Waals surface area (Å²) in [5.41, 5.74) is 1.68. The van der Waals surface area contributed by atoms with E-state index in [0.717, 1.165) is 5.56 Å². The van der Waals surface area contributed by atoms with Crippen LogP contribution in [-0.2, 0) is 6.54 Å². The van der Waals surface area contributed by atoms with Crippen molar-refractivity contribution < 1.29 is 4.79 Å².